The van der Waals surface area contributed by atoms with E-state index in [1.54, 1.807) is 38.4 Å². The number of benzene rings is 2. The summed E-state index contributed by atoms with van der Waals surface area (Å²) in [5.74, 6) is 1.34. The van der Waals surface area contributed by atoms with Gasteiger partial charge in [0.15, 0.2) is 5.96 Å². The van der Waals surface area contributed by atoms with E-state index in [1.165, 1.54) is 7.05 Å². The van der Waals surface area contributed by atoms with E-state index >= 15 is 0 Å². The molecule has 2 aromatic carbocycles. The highest BCUT2D eigenvalue weighted by Gasteiger charge is 2.11. The van der Waals surface area contributed by atoms with E-state index in [2.05, 4.69) is 20.3 Å². The summed E-state index contributed by atoms with van der Waals surface area (Å²) in [6, 6.07) is 12.4. The van der Waals surface area contributed by atoms with Crippen LogP contribution in [-0.4, -0.2) is 42.1 Å². The SMILES string of the molecule is CN=C(NCCc1ccc(OC)cc1Cl)NCc1cccc(S(=O)(=O)NC)c1.I. The third-order valence-electron chi connectivity index (χ3n) is 4.11. The number of sulfonamides is 1. The molecule has 2 aromatic rings. The molecule has 0 fully saturated rings. The fourth-order valence-corrected chi connectivity index (χ4v) is 3.59. The molecule has 0 spiro atoms. The molecule has 0 heterocycles. The first-order valence-electron chi connectivity index (χ1n) is 8.69. The second kappa shape index (κ2) is 12.2. The number of nitrogens with zero attached hydrogens (tertiary/aromatic N) is 1. The van der Waals surface area contributed by atoms with Crippen LogP contribution in [-0.2, 0) is 23.0 Å². The summed E-state index contributed by atoms with van der Waals surface area (Å²) in [6.07, 6.45) is 0.722. The van der Waals surface area contributed by atoms with Gasteiger partial charge < -0.3 is 15.4 Å². The Hall–Kier alpha value is -1.56. The Labute approximate surface area is 194 Å². The second-order valence-corrected chi connectivity index (χ2v) is 8.21. The lowest BCUT2D eigenvalue weighted by Gasteiger charge is -2.13. The van der Waals surface area contributed by atoms with Crippen LogP contribution in [0.5, 0.6) is 5.75 Å². The first kappa shape index (κ1) is 25.5. The molecule has 0 saturated carbocycles. The van der Waals surface area contributed by atoms with Gasteiger partial charge in [0.25, 0.3) is 0 Å². The number of nitrogens with one attached hydrogen (secondary N) is 3. The lowest BCUT2D eigenvalue weighted by Crippen LogP contribution is -2.37. The first-order chi connectivity index (χ1) is 13.4. The zero-order valence-corrected chi connectivity index (χ0v) is 20.4. The van der Waals surface area contributed by atoms with E-state index in [9.17, 15) is 8.42 Å². The molecular formula is C19H26ClIN4O3S. The minimum atomic E-state index is -3.46. The molecule has 0 amide bonds. The Kier molecular flexibility index (Phi) is 10.7. The fourth-order valence-electron chi connectivity index (χ4n) is 2.52. The average Bonchev–Trinajstić information content (AvgIpc) is 2.71. The number of guanidine groups is 1. The molecular weight excluding hydrogens is 527 g/mol. The lowest BCUT2D eigenvalue weighted by molar-refractivity contribution is 0.414. The highest BCUT2D eigenvalue weighted by atomic mass is 127. The fraction of sp³-hybridized carbons (Fsp3) is 0.316. The Morgan fingerprint density at radius 1 is 1.17 bits per heavy atom. The largest absolute Gasteiger partial charge is 0.497 e. The number of ether oxygens (including phenoxy) is 1. The minimum absolute atomic E-state index is 0. The molecule has 3 N–H and O–H groups in total. The topological polar surface area (TPSA) is 91.8 Å². The second-order valence-electron chi connectivity index (χ2n) is 5.91. The number of hydrogen-bond acceptors (Lipinski definition) is 4. The number of methoxy groups -OCH3 is 1. The summed E-state index contributed by atoms with van der Waals surface area (Å²) in [5, 5.41) is 7.05. The van der Waals surface area contributed by atoms with Gasteiger partial charge in [-0.2, -0.15) is 0 Å². The van der Waals surface area contributed by atoms with Crippen molar-refractivity contribution in [3.8, 4) is 5.75 Å². The van der Waals surface area contributed by atoms with Crippen LogP contribution in [0.15, 0.2) is 52.4 Å². The molecule has 0 radical (unpaired) electrons. The van der Waals surface area contributed by atoms with E-state index in [1.807, 2.05) is 18.2 Å². The van der Waals surface area contributed by atoms with Gasteiger partial charge in [-0.3, -0.25) is 4.99 Å². The summed E-state index contributed by atoms with van der Waals surface area (Å²) >= 11 is 6.25. The third-order valence-corrected chi connectivity index (χ3v) is 5.87. The molecule has 7 nitrogen and oxygen atoms in total. The Balaban J connectivity index is 0.00000420. The van der Waals surface area contributed by atoms with Crippen molar-refractivity contribution in [2.24, 2.45) is 4.99 Å². The van der Waals surface area contributed by atoms with Crippen LogP contribution < -0.4 is 20.1 Å². The quantitative estimate of drug-likeness (QED) is 0.266. The first-order valence-corrected chi connectivity index (χ1v) is 10.5. The maximum absolute atomic E-state index is 11.9. The molecule has 0 aliphatic carbocycles. The van der Waals surface area contributed by atoms with Crippen molar-refractivity contribution in [2.75, 3.05) is 27.7 Å². The summed E-state index contributed by atoms with van der Waals surface area (Å²) in [7, 11) is 1.21. The zero-order valence-electron chi connectivity index (χ0n) is 16.5. The van der Waals surface area contributed by atoms with E-state index in [4.69, 9.17) is 16.3 Å². The zero-order chi connectivity index (χ0) is 20.6. The number of halogens is 2. The predicted molar refractivity (Wildman–Crippen MR) is 128 cm³/mol. The monoisotopic (exact) mass is 552 g/mol. The van der Waals surface area contributed by atoms with Crippen LogP contribution in [0, 0.1) is 0 Å². The summed E-state index contributed by atoms with van der Waals surface area (Å²) in [6.45, 7) is 1.08. The molecule has 0 unspecified atom stereocenters. The van der Waals surface area contributed by atoms with Gasteiger partial charge in [-0.1, -0.05) is 29.8 Å². The minimum Gasteiger partial charge on any atom is -0.497 e. The highest BCUT2D eigenvalue weighted by molar-refractivity contribution is 14.0. The van der Waals surface area contributed by atoms with Crippen molar-refractivity contribution in [3.05, 3.63) is 58.6 Å². The molecule has 0 saturated heterocycles. The molecule has 29 heavy (non-hydrogen) atoms. The van der Waals surface area contributed by atoms with Crippen LogP contribution in [0.25, 0.3) is 0 Å². The van der Waals surface area contributed by atoms with Gasteiger partial charge in [-0.15, -0.1) is 24.0 Å². The lowest BCUT2D eigenvalue weighted by atomic mass is 10.1. The van der Waals surface area contributed by atoms with E-state index < -0.39 is 10.0 Å². The van der Waals surface area contributed by atoms with Crippen molar-refractivity contribution >= 4 is 51.6 Å². The van der Waals surface area contributed by atoms with E-state index in [0.717, 1.165) is 23.3 Å². The van der Waals surface area contributed by atoms with Crippen molar-refractivity contribution in [2.45, 2.75) is 17.9 Å². The smallest absolute Gasteiger partial charge is 0.240 e. The average molecular weight is 553 g/mol. The van der Waals surface area contributed by atoms with Gasteiger partial charge in [-0.05, 0) is 48.9 Å². The summed E-state index contributed by atoms with van der Waals surface area (Å²) < 4.78 is 31.3. The van der Waals surface area contributed by atoms with E-state index in [0.29, 0.717) is 24.1 Å². The molecule has 0 aliphatic heterocycles. The van der Waals surface area contributed by atoms with Gasteiger partial charge in [0, 0.05) is 25.2 Å². The number of hydrogen-bond donors (Lipinski definition) is 3. The van der Waals surface area contributed by atoms with E-state index in [-0.39, 0.29) is 28.9 Å². The van der Waals surface area contributed by atoms with Crippen LogP contribution in [0.4, 0.5) is 0 Å². The van der Waals surface area contributed by atoms with Gasteiger partial charge in [0.1, 0.15) is 5.75 Å². The van der Waals surface area contributed by atoms with Crippen molar-refractivity contribution in [3.63, 3.8) is 0 Å². The van der Waals surface area contributed by atoms with Crippen molar-refractivity contribution in [1.82, 2.24) is 15.4 Å². The number of aliphatic imine (C=N–C) groups is 1. The van der Waals surface area contributed by atoms with Crippen molar-refractivity contribution in [1.29, 1.82) is 0 Å². The van der Waals surface area contributed by atoms with Crippen LogP contribution in [0.3, 0.4) is 0 Å². The summed E-state index contributed by atoms with van der Waals surface area (Å²) in [4.78, 5) is 4.41. The number of rotatable bonds is 8. The molecule has 0 aromatic heterocycles. The Morgan fingerprint density at radius 3 is 2.55 bits per heavy atom. The van der Waals surface area contributed by atoms with Crippen LogP contribution in [0.1, 0.15) is 11.1 Å². The maximum atomic E-state index is 11.9. The molecule has 2 rings (SSSR count). The molecule has 0 aliphatic rings. The molecule has 0 bridgehead atoms. The Bertz CT molecular complexity index is 939. The molecule has 10 heteroatoms. The van der Waals surface area contributed by atoms with Gasteiger partial charge in [0.05, 0.1) is 12.0 Å². The maximum Gasteiger partial charge on any atom is 0.240 e. The van der Waals surface area contributed by atoms with Crippen molar-refractivity contribution < 1.29 is 13.2 Å². The predicted octanol–water partition coefficient (Wildman–Crippen LogP) is 2.78. The normalized spacial score (nSPS) is 11.5. The Morgan fingerprint density at radius 2 is 1.93 bits per heavy atom. The van der Waals surface area contributed by atoms with Gasteiger partial charge in [-0.25, -0.2) is 13.1 Å². The van der Waals surface area contributed by atoms with Gasteiger partial charge in [0.2, 0.25) is 10.0 Å². The molecule has 0 atom stereocenters. The molecule has 160 valence electrons. The summed E-state index contributed by atoms with van der Waals surface area (Å²) in [5.41, 5.74) is 1.84. The standard InChI is InChI=1S/C19H25ClN4O3S.HI/c1-21-19(23-10-9-15-7-8-16(27-3)12-18(15)20)24-13-14-5-4-6-17(11-14)28(25,26)22-2;/h4-8,11-12,22H,9-10,13H2,1-3H3,(H2,21,23,24);1H. The van der Waals surface area contributed by atoms with Gasteiger partial charge >= 0.3 is 0 Å². The highest BCUT2D eigenvalue weighted by Crippen LogP contribution is 2.22. The van der Waals surface area contributed by atoms with Crippen LogP contribution >= 0.6 is 35.6 Å². The van der Waals surface area contributed by atoms with Crippen LogP contribution in [0.2, 0.25) is 5.02 Å². The third kappa shape index (κ3) is 7.65.